The lowest BCUT2D eigenvalue weighted by Gasteiger charge is -2.25. The van der Waals surface area contributed by atoms with Crippen molar-refractivity contribution >= 4 is 23.7 Å². The number of unbranched alkanes of at least 4 members (excludes halogenated alkanes) is 2. The van der Waals surface area contributed by atoms with Crippen LogP contribution in [0.3, 0.4) is 0 Å². The van der Waals surface area contributed by atoms with E-state index in [1.165, 1.54) is 12.1 Å². The van der Waals surface area contributed by atoms with Crippen LogP contribution in [0.25, 0.3) is 0 Å². The number of benzene rings is 1. The fourth-order valence-electron chi connectivity index (χ4n) is 4.03. The van der Waals surface area contributed by atoms with E-state index in [1.54, 1.807) is 12.1 Å². The first-order valence-electron chi connectivity index (χ1n) is 13.6. The van der Waals surface area contributed by atoms with Crippen molar-refractivity contribution in [1.29, 1.82) is 0 Å². The third-order valence-corrected chi connectivity index (χ3v) is 6.21. The molecule has 0 radical (unpaired) electrons. The first-order valence-corrected chi connectivity index (χ1v) is 13.6. The number of carbonyl (C=O) groups is 4. The lowest BCUT2D eigenvalue weighted by molar-refractivity contribution is -0.142. The number of carboxylic acid groups (broad SMARTS) is 1. The molecule has 4 atom stereocenters. The van der Waals surface area contributed by atoms with Crippen LogP contribution in [0, 0.1) is 5.92 Å². The van der Waals surface area contributed by atoms with Crippen molar-refractivity contribution in [2.24, 2.45) is 23.1 Å². The van der Waals surface area contributed by atoms with Crippen LogP contribution in [0.1, 0.15) is 64.4 Å². The summed E-state index contributed by atoms with van der Waals surface area (Å²) < 4.78 is 0. The number of carbonyl (C=O) groups excluding carboxylic acids is 3. The molecular formula is C27H46N6O6. The summed E-state index contributed by atoms with van der Waals surface area (Å²) in [4.78, 5) is 51.1. The second-order valence-electron chi connectivity index (χ2n) is 10.2. The molecule has 1 aromatic carbocycles. The fraction of sp³-hybridized carbons (Fsp3) is 0.630. The molecular weight excluding hydrogens is 504 g/mol. The highest BCUT2D eigenvalue weighted by Crippen LogP contribution is 2.13. The average Bonchev–Trinajstić information content (AvgIpc) is 2.87. The minimum Gasteiger partial charge on any atom is -0.508 e. The van der Waals surface area contributed by atoms with Crippen LogP contribution in [-0.2, 0) is 25.6 Å². The standard InChI is InChI=1S/C27H46N6O6/c1-17(2)15-20(30)24(35)31-21(7-3-5-13-28)25(36)33-23(16-18-9-11-19(34)12-10-18)26(37)32-22(27(38)39)8-4-6-14-29/h9-12,17,20-23,34H,3-8,13-16,28-30H2,1-2H3,(H,31,35)(H,32,37)(H,33,36)(H,38,39). The smallest absolute Gasteiger partial charge is 0.326 e. The number of hydrogen-bond donors (Lipinski definition) is 8. The van der Waals surface area contributed by atoms with Crippen LogP contribution in [0.15, 0.2) is 24.3 Å². The summed E-state index contributed by atoms with van der Waals surface area (Å²) in [5, 5.41) is 27.1. The zero-order valence-electron chi connectivity index (χ0n) is 23.0. The van der Waals surface area contributed by atoms with Gasteiger partial charge in [0.2, 0.25) is 17.7 Å². The number of phenols is 1. The van der Waals surface area contributed by atoms with Gasteiger partial charge in [-0.2, -0.15) is 0 Å². The van der Waals surface area contributed by atoms with E-state index in [-0.39, 0.29) is 30.9 Å². The number of nitrogens with two attached hydrogens (primary N) is 3. The number of carboxylic acids is 1. The Kier molecular flexibility index (Phi) is 15.7. The van der Waals surface area contributed by atoms with Gasteiger partial charge in [-0.3, -0.25) is 14.4 Å². The maximum absolute atomic E-state index is 13.4. The van der Waals surface area contributed by atoms with E-state index in [0.717, 1.165) is 0 Å². The molecule has 220 valence electrons. The van der Waals surface area contributed by atoms with Crippen molar-refractivity contribution in [1.82, 2.24) is 16.0 Å². The van der Waals surface area contributed by atoms with Gasteiger partial charge in [-0.05, 0) is 81.6 Å². The van der Waals surface area contributed by atoms with Crippen LogP contribution < -0.4 is 33.2 Å². The minimum atomic E-state index is -1.19. The monoisotopic (exact) mass is 550 g/mol. The van der Waals surface area contributed by atoms with Gasteiger partial charge in [0.25, 0.3) is 0 Å². The number of nitrogens with one attached hydrogen (secondary N) is 3. The summed E-state index contributed by atoms with van der Waals surface area (Å²) in [5.74, 6) is -2.72. The molecule has 0 saturated heterocycles. The normalized spacial score (nSPS) is 14.2. The largest absolute Gasteiger partial charge is 0.508 e. The molecule has 0 heterocycles. The quantitative estimate of drug-likeness (QED) is 0.109. The predicted octanol–water partition coefficient (Wildman–Crippen LogP) is 0.105. The zero-order chi connectivity index (χ0) is 29.4. The summed E-state index contributed by atoms with van der Waals surface area (Å²) in [6, 6.07) is 2.05. The Hall–Kier alpha value is -3.22. The molecule has 0 aliphatic rings. The van der Waals surface area contributed by atoms with Crippen molar-refractivity contribution in [3.8, 4) is 5.75 Å². The number of phenolic OH excluding ortho intramolecular Hbond substituents is 1. The van der Waals surface area contributed by atoms with Crippen molar-refractivity contribution in [3.05, 3.63) is 29.8 Å². The van der Waals surface area contributed by atoms with Crippen LogP contribution in [0.5, 0.6) is 5.75 Å². The second-order valence-corrected chi connectivity index (χ2v) is 10.2. The Balaban J connectivity index is 3.13. The van der Waals surface area contributed by atoms with E-state index in [1.807, 2.05) is 13.8 Å². The van der Waals surface area contributed by atoms with Crippen molar-refractivity contribution in [2.45, 2.75) is 89.4 Å². The summed E-state index contributed by atoms with van der Waals surface area (Å²) in [5.41, 5.74) is 17.7. The Morgan fingerprint density at radius 1 is 0.769 bits per heavy atom. The Labute approximate surface area is 230 Å². The summed E-state index contributed by atoms with van der Waals surface area (Å²) in [6.07, 6.45) is 3.25. The zero-order valence-corrected chi connectivity index (χ0v) is 23.0. The highest BCUT2D eigenvalue weighted by Gasteiger charge is 2.30. The molecule has 1 rings (SSSR count). The summed E-state index contributed by atoms with van der Waals surface area (Å²) in [6.45, 7) is 4.69. The molecule has 12 heteroatoms. The molecule has 3 amide bonds. The van der Waals surface area contributed by atoms with Gasteiger partial charge in [0.1, 0.15) is 23.9 Å². The van der Waals surface area contributed by atoms with Crippen molar-refractivity contribution in [3.63, 3.8) is 0 Å². The van der Waals surface area contributed by atoms with Crippen molar-refractivity contribution < 1.29 is 29.4 Å². The number of rotatable bonds is 19. The first-order chi connectivity index (χ1) is 18.5. The highest BCUT2D eigenvalue weighted by atomic mass is 16.4. The molecule has 11 N–H and O–H groups in total. The van der Waals surface area contributed by atoms with Crippen LogP contribution in [-0.4, -0.2) is 71.2 Å². The molecule has 0 fully saturated rings. The lowest BCUT2D eigenvalue weighted by atomic mass is 10.0. The van der Waals surface area contributed by atoms with Crippen LogP contribution in [0.2, 0.25) is 0 Å². The lowest BCUT2D eigenvalue weighted by Crippen LogP contribution is -2.57. The maximum atomic E-state index is 13.4. The van der Waals surface area contributed by atoms with E-state index in [9.17, 15) is 29.4 Å². The van der Waals surface area contributed by atoms with Gasteiger partial charge in [-0.25, -0.2) is 4.79 Å². The Morgan fingerprint density at radius 2 is 1.26 bits per heavy atom. The van der Waals surface area contributed by atoms with E-state index >= 15 is 0 Å². The van der Waals surface area contributed by atoms with Crippen LogP contribution in [0.4, 0.5) is 0 Å². The van der Waals surface area contributed by atoms with E-state index < -0.39 is 47.9 Å². The summed E-state index contributed by atoms with van der Waals surface area (Å²) in [7, 11) is 0. The van der Waals surface area contributed by atoms with Gasteiger partial charge in [-0.15, -0.1) is 0 Å². The van der Waals surface area contributed by atoms with Gasteiger partial charge >= 0.3 is 5.97 Å². The molecule has 0 aromatic heterocycles. The molecule has 0 saturated carbocycles. The van der Waals surface area contributed by atoms with E-state index in [2.05, 4.69) is 16.0 Å². The molecule has 1 aromatic rings. The maximum Gasteiger partial charge on any atom is 0.326 e. The number of aliphatic carboxylic acids is 1. The summed E-state index contributed by atoms with van der Waals surface area (Å²) >= 11 is 0. The minimum absolute atomic E-state index is 0.0311. The van der Waals surface area contributed by atoms with Gasteiger partial charge < -0.3 is 43.4 Å². The van der Waals surface area contributed by atoms with E-state index in [0.29, 0.717) is 50.8 Å². The molecule has 0 aliphatic carbocycles. The Morgan fingerprint density at radius 3 is 1.77 bits per heavy atom. The molecule has 0 spiro atoms. The molecule has 39 heavy (non-hydrogen) atoms. The van der Waals surface area contributed by atoms with Crippen LogP contribution >= 0.6 is 0 Å². The second kappa shape index (κ2) is 18.1. The third-order valence-electron chi connectivity index (χ3n) is 6.21. The SMILES string of the molecule is CC(C)CC(N)C(=O)NC(CCCCN)C(=O)NC(Cc1ccc(O)cc1)C(=O)NC(CCCCN)C(=O)O. The highest BCUT2D eigenvalue weighted by molar-refractivity contribution is 5.94. The predicted molar refractivity (Wildman–Crippen MR) is 148 cm³/mol. The number of amides is 3. The van der Waals surface area contributed by atoms with E-state index in [4.69, 9.17) is 17.2 Å². The van der Waals surface area contributed by atoms with Gasteiger partial charge in [0, 0.05) is 6.42 Å². The molecule has 0 aliphatic heterocycles. The van der Waals surface area contributed by atoms with Gasteiger partial charge in [0.15, 0.2) is 0 Å². The fourth-order valence-corrected chi connectivity index (χ4v) is 4.03. The third kappa shape index (κ3) is 13.4. The number of aromatic hydroxyl groups is 1. The molecule has 12 nitrogen and oxygen atoms in total. The first kappa shape index (κ1) is 33.8. The molecule has 0 bridgehead atoms. The average molecular weight is 551 g/mol. The van der Waals surface area contributed by atoms with Crippen molar-refractivity contribution in [2.75, 3.05) is 13.1 Å². The molecule has 4 unspecified atom stereocenters. The van der Waals surface area contributed by atoms with Gasteiger partial charge in [0.05, 0.1) is 6.04 Å². The topological polar surface area (TPSA) is 223 Å². The Bertz CT molecular complexity index is 911. The van der Waals surface area contributed by atoms with Gasteiger partial charge in [-0.1, -0.05) is 26.0 Å². The number of hydrogen-bond acceptors (Lipinski definition) is 8.